The van der Waals surface area contributed by atoms with Gasteiger partial charge in [-0.1, -0.05) is 19.4 Å². The van der Waals surface area contributed by atoms with Gasteiger partial charge in [0.1, 0.15) is 0 Å². The van der Waals surface area contributed by atoms with Crippen molar-refractivity contribution in [2.45, 2.75) is 37.2 Å². The molecule has 0 heterocycles. The molecule has 0 saturated heterocycles. The fourth-order valence-corrected chi connectivity index (χ4v) is 4.44. The first-order valence-electron chi connectivity index (χ1n) is 5.98. The van der Waals surface area contributed by atoms with E-state index in [0.29, 0.717) is 16.9 Å². The third-order valence-electron chi connectivity index (χ3n) is 3.28. The van der Waals surface area contributed by atoms with Crippen LogP contribution in [-0.2, 0) is 16.6 Å². The molecule has 1 aromatic carbocycles. The second-order valence-corrected chi connectivity index (χ2v) is 7.14. The summed E-state index contributed by atoms with van der Waals surface area (Å²) in [5.74, 6) is 0.488. The molecule has 4 nitrogen and oxygen atoms in total. The first-order valence-corrected chi connectivity index (χ1v) is 8.26. The lowest BCUT2D eigenvalue weighted by molar-refractivity contribution is 0.575. The van der Waals surface area contributed by atoms with Crippen LogP contribution in [0.15, 0.2) is 27.6 Å². The second-order valence-electron chi connectivity index (χ2n) is 4.60. The highest BCUT2D eigenvalue weighted by Crippen LogP contribution is 2.35. The molecule has 0 spiro atoms. The van der Waals surface area contributed by atoms with E-state index < -0.39 is 10.0 Å². The number of benzene rings is 1. The summed E-state index contributed by atoms with van der Waals surface area (Å²) < 4.78 is 27.7. The third kappa shape index (κ3) is 2.93. The Hall–Kier alpha value is -0.430. The number of nitrogens with one attached hydrogen (secondary N) is 1. The predicted octanol–water partition coefficient (Wildman–Crippen LogP) is 1.98. The van der Waals surface area contributed by atoms with Gasteiger partial charge in [-0.25, -0.2) is 13.1 Å². The Balaban J connectivity index is 2.19. The predicted molar refractivity (Wildman–Crippen MR) is 74.5 cm³/mol. The Bertz CT molecular complexity index is 545. The fourth-order valence-electron chi connectivity index (χ4n) is 2.00. The van der Waals surface area contributed by atoms with Gasteiger partial charge in [0.15, 0.2) is 0 Å². The average Bonchev–Trinajstić information content (AvgIpc) is 3.06. The van der Waals surface area contributed by atoms with Crippen LogP contribution in [0.2, 0.25) is 0 Å². The van der Waals surface area contributed by atoms with Gasteiger partial charge >= 0.3 is 0 Å². The standard InChI is InChI=1S/C12H17BrN2O2S/c1-2-9-6-11(9)15-18(16,17)12-4-3-8(7-14)5-10(12)13/h3-5,9,11,15H,2,6-7,14H2,1H3. The van der Waals surface area contributed by atoms with Crippen molar-refractivity contribution < 1.29 is 8.42 Å². The topological polar surface area (TPSA) is 72.2 Å². The van der Waals surface area contributed by atoms with E-state index in [0.717, 1.165) is 18.4 Å². The molecule has 0 aliphatic heterocycles. The maximum Gasteiger partial charge on any atom is 0.241 e. The lowest BCUT2D eigenvalue weighted by atomic mass is 10.2. The van der Waals surface area contributed by atoms with Crippen LogP contribution < -0.4 is 10.5 Å². The van der Waals surface area contributed by atoms with Gasteiger partial charge in [-0.3, -0.25) is 0 Å². The van der Waals surface area contributed by atoms with Crippen LogP contribution in [0.5, 0.6) is 0 Å². The second kappa shape index (κ2) is 5.28. The van der Waals surface area contributed by atoms with E-state index >= 15 is 0 Å². The highest BCUT2D eigenvalue weighted by atomic mass is 79.9. The van der Waals surface area contributed by atoms with Crippen molar-refractivity contribution in [1.82, 2.24) is 4.72 Å². The molecule has 2 rings (SSSR count). The maximum atomic E-state index is 12.2. The molecule has 18 heavy (non-hydrogen) atoms. The molecule has 1 fully saturated rings. The maximum absolute atomic E-state index is 12.2. The number of hydrogen-bond acceptors (Lipinski definition) is 3. The first-order chi connectivity index (χ1) is 8.47. The normalized spacial score (nSPS) is 23.1. The van der Waals surface area contributed by atoms with Crippen molar-refractivity contribution in [3.8, 4) is 0 Å². The molecule has 3 N–H and O–H groups in total. The summed E-state index contributed by atoms with van der Waals surface area (Å²) >= 11 is 3.29. The Labute approximate surface area is 116 Å². The van der Waals surface area contributed by atoms with Crippen molar-refractivity contribution >= 4 is 26.0 Å². The lowest BCUT2D eigenvalue weighted by Crippen LogP contribution is -2.27. The van der Waals surface area contributed by atoms with Crippen LogP contribution in [0.3, 0.4) is 0 Å². The summed E-state index contributed by atoms with van der Waals surface area (Å²) in [4.78, 5) is 0.279. The summed E-state index contributed by atoms with van der Waals surface area (Å²) in [6, 6.07) is 5.18. The van der Waals surface area contributed by atoms with Crippen molar-refractivity contribution in [3.05, 3.63) is 28.2 Å². The van der Waals surface area contributed by atoms with Crippen molar-refractivity contribution in [3.63, 3.8) is 0 Å². The molecule has 1 aliphatic carbocycles. The van der Waals surface area contributed by atoms with Gasteiger partial charge in [0.25, 0.3) is 0 Å². The van der Waals surface area contributed by atoms with Gasteiger partial charge < -0.3 is 5.73 Å². The van der Waals surface area contributed by atoms with Crippen LogP contribution in [0.4, 0.5) is 0 Å². The number of rotatable bonds is 5. The van der Waals surface area contributed by atoms with E-state index in [2.05, 4.69) is 27.6 Å². The summed E-state index contributed by atoms with van der Waals surface area (Å²) in [6.45, 7) is 2.47. The van der Waals surface area contributed by atoms with Crippen molar-refractivity contribution in [2.24, 2.45) is 11.7 Å². The Morgan fingerprint density at radius 3 is 2.72 bits per heavy atom. The molecule has 2 atom stereocenters. The molecule has 0 aromatic heterocycles. The van der Waals surface area contributed by atoms with Gasteiger partial charge in [-0.15, -0.1) is 0 Å². The molecule has 0 amide bonds. The average molecular weight is 333 g/mol. The minimum absolute atomic E-state index is 0.0982. The molecule has 1 aromatic rings. The minimum Gasteiger partial charge on any atom is -0.326 e. The van der Waals surface area contributed by atoms with Crippen LogP contribution in [-0.4, -0.2) is 14.5 Å². The van der Waals surface area contributed by atoms with E-state index in [1.54, 1.807) is 18.2 Å². The highest BCUT2D eigenvalue weighted by Gasteiger charge is 2.38. The Kier molecular flexibility index (Phi) is 4.11. The lowest BCUT2D eigenvalue weighted by Gasteiger charge is -2.09. The number of hydrogen-bond donors (Lipinski definition) is 2. The fraction of sp³-hybridized carbons (Fsp3) is 0.500. The molecular formula is C12H17BrN2O2S. The molecule has 0 radical (unpaired) electrons. The van der Waals surface area contributed by atoms with Crippen LogP contribution >= 0.6 is 15.9 Å². The van der Waals surface area contributed by atoms with Crippen LogP contribution in [0.1, 0.15) is 25.3 Å². The summed E-state index contributed by atoms with van der Waals surface area (Å²) in [5, 5.41) is 0. The molecule has 0 bridgehead atoms. The number of nitrogens with two attached hydrogens (primary N) is 1. The molecule has 6 heteroatoms. The number of halogens is 1. The van der Waals surface area contributed by atoms with Crippen molar-refractivity contribution in [2.75, 3.05) is 0 Å². The molecule has 2 unspecified atom stereocenters. The van der Waals surface area contributed by atoms with E-state index in [1.807, 2.05) is 0 Å². The zero-order valence-electron chi connectivity index (χ0n) is 10.2. The summed E-state index contributed by atoms with van der Waals surface area (Å²) in [7, 11) is -3.43. The Morgan fingerprint density at radius 1 is 1.50 bits per heavy atom. The quantitative estimate of drug-likeness (QED) is 0.865. The molecule has 100 valence electrons. The van der Waals surface area contributed by atoms with E-state index in [9.17, 15) is 8.42 Å². The van der Waals surface area contributed by atoms with Gasteiger partial charge in [-0.2, -0.15) is 0 Å². The summed E-state index contributed by atoms with van der Waals surface area (Å²) in [6.07, 6.45) is 1.95. The SMILES string of the molecule is CCC1CC1NS(=O)(=O)c1ccc(CN)cc1Br. The number of sulfonamides is 1. The van der Waals surface area contributed by atoms with Gasteiger partial charge in [-0.05, 0) is 46.0 Å². The van der Waals surface area contributed by atoms with E-state index in [4.69, 9.17) is 5.73 Å². The van der Waals surface area contributed by atoms with Crippen molar-refractivity contribution in [1.29, 1.82) is 0 Å². The minimum atomic E-state index is -3.43. The van der Waals surface area contributed by atoms with Gasteiger partial charge in [0, 0.05) is 17.1 Å². The van der Waals surface area contributed by atoms with E-state index in [1.165, 1.54) is 0 Å². The molecular weight excluding hydrogens is 316 g/mol. The molecule has 1 saturated carbocycles. The summed E-state index contributed by atoms with van der Waals surface area (Å²) in [5.41, 5.74) is 6.42. The van der Waals surface area contributed by atoms with Gasteiger partial charge in [0.2, 0.25) is 10.0 Å². The zero-order chi connectivity index (χ0) is 13.3. The Morgan fingerprint density at radius 2 is 2.22 bits per heavy atom. The molecule has 1 aliphatic rings. The van der Waals surface area contributed by atoms with Crippen LogP contribution in [0, 0.1) is 5.92 Å². The smallest absolute Gasteiger partial charge is 0.241 e. The van der Waals surface area contributed by atoms with E-state index in [-0.39, 0.29) is 10.9 Å². The zero-order valence-corrected chi connectivity index (χ0v) is 12.6. The first kappa shape index (κ1) is 14.0. The monoisotopic (exact) mass is 332 g/mol. The largest absolute Gasteiger partial charge is 0.326 e. The van der Waals surface area contributed by atoms with Gasteiger partial charge in [0.05, 0.1) is 4.90 Å². The highest BCUT2D eigenvalue weighted by molar-refractivity contribution is 9.10. The van der Waals surface area contributed by atoms with Crippen LogP contribution in [0.25, 0.3) is 0 Å². The third-order valence-corrected chi connectivity index (χ3v) is 5.74.